The minimum Gasteiger partial charge on any atom is -0.379 e. The first-order chi connectivity index (χ1) is 8.99. The molecule has 2 N–H and O–H groups in total. The summed E-state index contributed by atoms with van der Waals surface area (Å²) < 4.78 is 43.6. The second kappa shape index (κ2) is 5.64. The van der Waals surface area contributed by atoms with Gasteiger partial charge in [-0.3, -0.25) is 0 Å². The van der Waals surface area contributed by atoms with Crippen molar-refractivity contribution in [1.82, 2.24) is 4.98 Å². The fraction of sp³-hybridized carbons (Fsp3) is 0.583. The first-order valence-electron chi connectivity index (χ1n) is 6.16. The molecule has 2 rings (SSSR count). The van der Waals surface area contributed by atoms with Crippen molar-refractivity contribution in [3.8, 4) is 0 Å². The first kappa shape index (κ1) is 13.9. The smallest absolute Gasteiger partial charge is 0.379 e. The summed E-state index contributed by atoms with van der Waals surface area (Å²) in [6, 6.07) is 2.06. The maximum atomic E-state index is 12.8. The molecule has 19 heavy (non-hydrogen) atoms. The van der Waals surface area contributed by atoms with E-state index in [4.69, 9.17) is 4.74 Å². The second-order valence-electron chi connectivity index (χ2n) is 4.36. The molecular formula is C12H16F3N3O. The summed E-state index contributed by atoms with van der Waals surface area (Å²) in [6.07, 6.45) is -3.61. The third-order valence-electron chi connectivity index (χ3n) is 2.79. The molecule has 7 heteroatoms. The van der Waals surface area contributed by atoms with E-state index in [-0.39, 0.29) is 17.7 Å². The molecule has 0 aliphatic carbocycles. The summed E-state index contributed by atoms with van der Waals surface area (Å²) in [5.74, 6) is 0.444. The molecule has 0 bridgehead atoms. The van der Waals surface area contributed by atoms with Crippen LogP contribution in [0.1, 0.15) is 18.9 Å². The van der Waals surface area contributed by atoms with Gasteiger partial charge in [-0.05, 0) is 25.5 Å². The van der Waals surface area contributed by atoms with Crippen LogP contribution in [0.2, 0.25) is 0 Å². The molecule has 1 fully saturated rings. The van der Waals surface area contributed by atoms with Crippen LogP contribution < -0.4 is 10.6 Å². The van der Waals surface area contributed by atoms with Gasteiger partial charge in [-0.15, -0.1) is 0 Å². The average Bonchev–Trinajstić information content (AvgIpc) is 2.81. The minimum atomic E-state index is -4.38. The predicted molar refractivity (Wildman–Crippen MR) is 66.2 cm³/mol. The molecule has 0 amide bonds. The van der Waals surface area contributed by atoms with E-state index in [9.17, 15) is 13.2 Å². The van der Waals surface area contributed by atoms with Gasteiger partial charge in [0, 0.05) is 13.2 Å². The van der Waals surface area contributed by atoms with Crippen molar-refractivity contribution in [1.29, 1.82) is 0 Å². The fourth-order valence-electron chi connectivity index (χ4n) is 1.90. The molecule has 4 nitrogen and oxygen atoms in total. The van der Waals surface area contributed by atoms with Crippen LogP contribution in [0, 0.1) is 0 Å². The van der Waals surface area contributed by atoms with E-state index in [1.807, 2.05) is 0 Å². The highest BCUT2D eigenvalue weighted by Crippen LogP contribution is 2.32. The van der Waals surface area contributed by atoms with Gasteiger partial charge in [-0.25, -0.2) is 4.98 Å². The first-order valence-corrected chi connectivity index (χ1v) is 6.16. The lowest BCUT2D eigenvalue weighted by atomic mass is 10.2. The SMILES string of the molecule is CCNc1cc(C(F)(F)F)cc(NC2CCOC2)n1. The number of hydrogen-bond acceptors (Lipinski definition) is 4. The van der Waals surface area contributed by atoms with Crippen molar-refractivity contribution in [2.45, 2.75) is 25.6 Å². The molecule has 0 aromatic carbocycles. The van der Waals surface area contributed by atoms with E-state index < -0.39 is 11.7 Å². The third-order valence-corrected chi connectivity index (χ3v) is 2.79. The van der Waals surface area contributed by atoms with Crippen LogP contribution in [0.5, 0.6) is 0 Å². The summed E-state index contributed by atoms with van der Waals surface area (Å²) in [6.45, 7) is 3.44. The molecule has 1 atom stereocenters. The highest BCUT2D eigenvalue weighted by molar-refractivity contribution is 5.50. The van der Waals surface area contributed by atoms with Crippen LogP contribution in [-0.2, 0) is 10.9 Å². The number of halogens is 3. The Kier molecular flexibility index (Phi) is 4.14. The monoisotopic (exact) mass is 275 g/mol. The van der Waals surface area contributed by atoms with E-state index in [0.717, 1.165) is 18.6 Å². The zero-order valence-corrected chi connectivity index (χ0v) is 10.5. The van der Waals surface area contributed by atoms with E-state index in [2.05, 4.69) is 15.6 Å². The van der Waals surface area contributed by atoms with Gasteiger partial charge in [-0.2, -0.15) is 13.2 Å². The Morgan fingerprint density at radius 1 is 1.37 bits per heavy atom. The quantitative estimate of drug-likeness (QED) is 0.887. The van der Waals surface area contributed by atoms with Crippen molar-refractivity contribution >= 4 is 11.6 Å². The van der Waals surface area contributed by atoms with Gasteiger partial charge in [0.15, 0.2) is 0 Å². The van der Waals surface area contributed by atoms with Gasteiger partial charge in [-0.1, -0.05) is 0 Å². The summed E-state index contributed by atoms with van der Waals surface area (Å²) in [7, 11) is 0. The number of alkyl halides is 3. The summed E-state index contributed by atoms with van der Waals surface area (Å²) in [4.78, 5) is 4.12. The van der Waals surface area contributed by atoms with Crippen LogP contribution in [0.25, 0.3) is 0 Å². The number of hydrogen-bond donors (Lipinski definition) is 2. The predicted octanol–water partition coefficient (Wildman–Crippen LogP) is 2.73. The summed E-state index contributed by atoms with van der Waals surface area (Å²) in [5, 5.41) is 5.78. The Hall–Kier alpha value is -1.50. The molecule has 1 aromatic heterocycles. The number of nitrogens with one attached hydrogen (secondary N) is 2. The van der Waals surface area contributed by atoms with Crippen molar-refractivity contribution in [2.24, 2.45) is 0 Å². The minimum absolute atomic E-state index is 0.0189. The van der Waals surface area contributed by atoms with E-state index >= 15 is 0 Å². The maximum Gasteiger partial charge on any atom is 0.416 e. The van der Waals surface area contributed by atoms with E-state index in [0.29, 0.717) is 19.8 Å². The zero-order valence-electron chi connectivity index (χ0n) is 10.5. The van der Waals surface area contributed by atoms with Crippen molar-refractivity contribution in [3.63, 3.8) is 0 Å². The van der Waals surface area contributed by atoms with Gasteiger partial charge in [0.05, 0.1) is 18.2 Å². The van der Waals surface area contributed by atoms with Gasteiger partial charge < -0.3 is 15.4 Å². The Morgan fingerprint density at radius 2 is 2.11 bits per heavy atom. The fourth-order valence-corrected chi connectivity index (χ4v) is 1.90. The van der Waals surface area contributed by atoms with E-state index in [1.54, 1.807) is 6.92 Å². The standard InChI is InChI=1S/C12H16F3N3O/c1-2-16-10-5-8(12(13,14)15)6-11(18-10)17-9-3-4-19-7-9/h5-6,9H,2-4,7H2,1H3,(H2,16,17,18). The lowest BCUT2D eigenvalue weighted by Crippen LogP contribution is -2.20. The van der Waals surface area contributed by atoms with Crippen LogP contribution in [-0.4, -0.2) is 30.8 Å². The van der Waals surface area contributed by atoms with Crippen LogP contribution in [0.4, 0.5) is 24.8 Å². The Bertz CT molecular complexity index is 431. The molecule has 0 spiro atoms. The Balaban J connectivity index is 2.22. The van der Waals surface area contributed by atoms with Crippen molar-refractivity contribution in [3.05, 3.63) is 17.7 Å². The van der Waals surface area contributed by atoms with Crippen molar-refractivity contribution in [2.75, 3.05) is 30.4 Å². The summed E-state index contributed by atoms with van der Waals surface area (Å²) in [5.41, 5.74) is -0.708. The van der Waals surface area contributed by atoms with Gasteiger partial charge in [0.1, 0.15) is 11.6 Å². The Morgan fingerprint density at radius 3 is 2.68 bits per heavy atom. The number of ether oxygens (including phenoxy) is 1. The molecule has 1 aromatic rings. The van der Waals surface area contributed by atoms with Gasteiger partial charge in [0.25, 0.3) is 0 Å². The maximum absolute atomic E-state index is 12.8. The molecule has 106 valence electrons. The third kappa shape index (κ3) is 3.73. The second-order valence-corrected chi connectivity index (χ2v) is 4.36. The number of anilines is 2. The average molecular weight is 275 g/mol. The highest BCUT2D eigenvalue weighted by Gasteiger charge is 2.32. The lowest BCUT2D eigenvalue weighted by molar-refractivity contribution is -0.137. The topological polar surface area (TPSA) is 46.2 Å². The Labute approximate surface area is 109 Å². The molecule has 1 aliphatic rings. The molecule has 0 radical (unpaired) electrons. The lowest BCUT2D eigenvalue weighted by Gasteiger charge is -2.15. The van der Waals surface area contributed by atoms with E-state index in [1.165, 1.54) is 0 Å². The summed E-state index contributed by atoms with van der Waals surface area (Å²) >= 11 is 0. The van der Waals surface area contributed by atoms with Crippen LogP contribution in [0.15, 0.2) is 12.1 Å². The molecule has 1 unspecified atom stereocenters. The number of pyridine rings is 1. The number of rotatable bonds is 4. The molecule has 1 saturated heterocycles. The normalized spacial score (nSPS) is 19.5. The molecular weight excluding hydrogens is 259 g/mol. The number of aromatic nitrogens is 1. The zero-order chi connectivity index (χ0) is 13.9. The van der Waals surface area contributed by atoms with Crippen molar-refractivity contribution < 1.29 is 17.9 Å². The molecule has 1 aliphatic heterocycles. The molecule has 2 heterocycles. The molecule has 0 saturated carbocycles. The highest BCUT2D eigenvalue weighted by atomic mass is 19.4. The van der Waals surface area contributed by atoms with Gasteiger partial charge >= 0.3 is 6.18 Å². The van der Waals surface area contributed by atoms with Crippen LogP contribution >= 0.6 is 0 Å². The van der Waals surface area contributed by atoms with Crippen LogP contribution in [0.3, 0.4) is 0 Å². The van der Waals surface area contributed by atoms with Gasteiger partial charge in [0.2, 0.25) is 0 Å². The number of nitrogens with zero attached hydrogens (tertiary/aromatic N) is 1. The largest absolute Gasteiger partial charge is 0.416 e.